The maximum atomic E-state index is 5.49. The summed E-state index contributed by atoms with van der Waals surface area (Å²) < 4.78 is 1.75. The second-order valence-electron chi connectivity index (χ2n) is 4.63. The fourth-order valence-electron chi connectivity index (χ4n) is 1.67. The normalized spacial score (nSPS) is 12.4. The topological polar surface area (TPSA) is 81.6 Å². The van der Waals surface area contributed by atoms with Crippen molar-refractivity contribution < 1.29 is 0 Å². The van der Waals surface area contributed by atoms with Gasteiger partial charge in [-0.25, -0.2) is 15.8 Å². The Kier molecular flexibility index (Phi) is 4.97. The molecule has 3 N–H and O–H groups in total. The molecule has 0 aliphatic rings. The van der Waals surface area contributed by atoms with E-state index in [1.807, 2.05) is 31.1 Å². The van der Waals surface area contributed by atoms with Crippen LogP contribution in [0.4, 0.5) is 5.82 Å². The van der Waals surface area contributed by atoms with Crippen molar-refractivity contribution >= 4 is 17.6 Å². The molecule has 7 heteroatoms. The van der Waals surface area contributed by atoms with Gasteiger partial charge in [-0.1, -0.05) is 13.8 Å². The largest absolute Gasteiger partial charge is 0.308 e. The van der Waals surface area contributed by atoms with Crippen LogP contribution in [0, 0.1) is 0 Å². The van der Waals surface area contributed by atoms with Crippen molar-refractivity contribution in [3.63, 3.8) is 0 Å². The SMILES string of the molecule is CCC(C)SCc1nc(NN)cc(-c2cnn(C)c2)n1. The summed E-state index contributed by atoms with van der Waals surface area (Å²) in [5, 5.41) is 4.76. The van der Waals surface area contributed by atoms with Crippen LogP contribution in [-0.4, -0.2) is 25.0 Å². The molecule has 0 radical (unpaired) electrons. The molecule has 2 aromatic rings. The van der Waals surface area contributed by atoms with E-state index in [9.17, 15) is 0 Å². The summed E-state index contributed by atoms with van der Waals surface area (Å²) in [7, 11) is 1.88. The van der Waals surface area contributed by atoms with Gasteiger partial charge in [0, 0.05) is 30.1 Å². The molecule has 0 saturated carbocycles. The first-order valence-electron chi connectivity index (χ1n) is 6.57. The van der Waals surface area contributed by atoms with Crippen molar-refractivity contribution in [1.29, 1.82) is 0 Å². The molecular weight excluding hydrogens is 272 g/mol. The van der Waals surface area contributed by atoms with Gasteiger partial charge in [-0.2, -0.15) is 16.9 Å². The molecular formula is C13H20N6S. The standard InChI is InChI=1S/C13H20N6S/c1-4-9(2)20-8-13-16-11(5-12(17-13)18-14)10-6-15-19(3)7-10/h5-7,9H,4,8,14H2,1-3H3,(H,16,17,18). The van der Waals surface area contributed by atoms with Crippen LogP contribution in [0.1, 0.15) is 26.1 Å². The lowest BCUT2D eigenvalue weighted by molar-refractivity contribution is 0.768. The van der Waals surface area contributed by atoms with E-state index in [1.165, 1.54) is 0 Å². The van der Waals surface area contributed by atoms with Crippen molar-refractivity contribution in [2.45, 2.75) is 31.3 Å². The third-order valence-electron chi connectivity index (χ3n) is 2.99. The van der Waals surface area contributed by atoms with E-state index in [2.05, 4.69) is 34.3 Å². The molecule has 0 aromatic carbocycles. The molecule has 20 heavy (non-hydrogen) atoms. The fraction of sp³-hybridized carbons (Fsp3) is 0.462. The lowest BCUT2D eigenvalue weighted by Crippen LogP contribution is -2.11. The molecule has 0 aliphatic heterocycles. The number of nitrogen functional groups attached to an aromatic ring is 1. The molecule has 0 amide bonds. The van der Waals surface area contributed by atoms with Crippen molar-refractivity contribution in [2.75, 3.05) is 5.43 Å². The van der Waals surface area contributed by atoms with E-state index in [0.717, 1.165) is 29.3 Å². The second-order valence-corrected chi connectivity index (χ2v) is 6.06. The van der Waals surface area contributed by atoms with Crippen LogP contribution < -0.4 is 11.3 Å². The molecule has 108 valence electrons. The minimum atomic E-state index is 0.593. The predicted molar refractivity (Wildman–Crippen MR) is 83.1 cm³/mol. The Bertz CT molecular complexity index is 568. The molecule has 6 nitrogen and oxygen atoms in total. The number of nitrogens with two attached hydrogens (primary N) is 1. The lowest BCUT2D eigenvalue weighted by Gasteiger charge is -2.09. The van der Waals surface area contributed by atoms with Gasteiger partial charge in [-0.05, 0) is 6.42 Å². The van der Waals surface area contributed by atoms with E-state index in [4.69, 9.17) is 5.84 Å². The van der Waals surface area contributed by atoms with Crippen LogP contribution >= 0.6 is 11.8 Å². The molecule has 2 rings (SSSR count). The fourth-order valence-corrected chi connectivity index (χ4v) is 2.47. The van der Waals surface area contributed by atoms with E-state index >= 15 is 0 Å². The molecule has 2 heterocycles. The van der Waals surface area contributed by atoms with E-state index in [-0.39, 0.29) is 0 Å². The zero-order valence-corrected chi connectivity index (χ0v) is 12.8. The maximum Gasteiger partial charge on any atom is 0.144 e. The Hall–Kier alpha value is -1.60. The van der Waals surface area contributed by atoms with Crippen molar-refractivity contribution in [2.24, 2.45) is 12.9 Å². The van der Waals surface area contributed by atoms with Gasteiger partial charge in [0.2, 0.25) is 0 Å². The van der Waals surface area contributed by atoms with Gasteiger partial charge in [0.15, 0.2) is 0 Å². The number of hydrogen-bond acceptors (Lipinski definition) is 6. The van der Waals surface area contributed by atoms with Crippen LogP contribution in [-0.2, 0) is 12.8 Å². The minimum Gasteiger partial charge on any atom is -0.308 e. The molecule has 0 bridgehead atoms. The second kappa shape index (κ2) is 6.71. The molecule has 0 saturated heterocycles. The number of nitrogens with zero attached hydrogens (tertiary/aromatic N) is 4. The molecule has 0 aliphatic carbocycles. The highest BCUT2D eigenvalue weighted by Crippen LogP contribution is 2.22. The number of nitrogens with one attached hydrogen (secondary N) is 1. The summed E-state index contributed by atoms with van der Waals surface area (Å²) in [6, 6.07) is 1.83. The summed E-state index contributed by atoms with van der Waals surface area (Å²) >= 11 is 1.84. The van der Waals surface area contributed by atoms with Crippen LogP contribution in [0.3, 0.4) is 0 Å². The molecule has 0 fully saturated rings. The van der Waals surface area contributed by atoms with Gasteiger partial charge in [0.25, 0.3) is 0 Å². The number of hydrazine groups is 1. The van der Waals surface area contributed by atoms with Gasteiger partial charge in [-0.3, -0.25) is 4.68 Å². The quantitative estimate of drug-likeness (QED) is 0.627. The smallest absolute Gasteiger partial charge is 0.144 e. The average molecular weight is 292 g/mol. The van der Waals surface area contributed by atoms with Gasteiger partial charge in [0.05, 0.1) is 17.6 Å². The monoisotopic (exact) mass is 292 g/mol. The zero-order valence-electron chi connectivity index (χ0n) is 12.0. The summed E-state index contributed by atoms with van der Waals surface area (Å²) in [4.78, 5) is 8.99. The van der Waals surface area contributed by atoms with Crippen molar-refractivity contribution in [3.05, 3.63) is 24.3 Å². The van der Waals surface area contributed by atoms with E-state index in [1.54, 1.807) is 10.9 Å². The van der Waals surface area contributed by atoms with Gasteiger partial charge >= 0.3 is 0 Å². The van der Waals surface area contributed by atoms with E-state index < -0.39 is 0 Å². The van der Waals surface area contributed by atoms with Gasteiger partial charge in [-0.15, -0.1) is 0 Å². The van der Waals surface area contributed by atoms with Crippen molar-refractivity contribution in [3.8, 4) is 11.3 Å². The van der Waals surface area contributed by atoms with Crippen LogP contribution in [0.15, 0.2) is 18.5 Å². The first-order valence-corrected chi connectivity index (χ1v) is 7.62. The van der Waals surface area contributed by atoms with Crippen LogP contribution in [0.5, 0.6) is 0 Å². The Morgan fingerprint density at radius 3 is 2.85 bits per heavy atom. The maximum absolute atomic E-state index is 5.49. The molecule has 1 atom stereocenters. The average Bonchev–Trinajstić information content (AvgIpc) is 2.91. The summed E-state index contributed by atoms with van der Waals surface area (Å²) in [6.07, 6.45) is 4.84. The Labute approximate surface area is 123 Å². The highest BCUT2D eigenvalue weighted by Gasteiger charge is 2.09. The van der Waals surface area contributed by atoms with Crippen molar-refractivity contribution in [1.82, 2.24) is 19.7 Å². The Morgan fingerprint density at radius 1 is 1.45 bits per heavy atom. The van der Waals surface area contributed by atoms with E-state index in [0.29, 0.717) is 11.1 Å². The summed E-state index contributed by atoms with van der Waals surface area (Å²) in [5.41, 5.74) is 4.39. The number of anilines is 1. The third-order valence-corrected chi connectivity index (χ3v) is 4.32. The Morgan fingerprint density at radius 2 is 2.25 bits per heavy atom. The molecule has 0 spiro atoms. The van der Waals surface area contributed by atoms with Crippen LogP contribution in [0.2, 0.25) is 0 Å². The first kappa shape index (κ1) is 14.8. The molecule has 2 aromatic heterocycles. The molecule has 1 unspecified atom stereocenters. The highest BCUT2D eigenvalue weighted by molar-refractivity contribution is 7.99. The highest BCUT2D eigenvalue weighted by atomic mass is 32.2. The number of hydrogen-bond donors (Lipinski definition) is 2. The minimum absolute atomic E-state index is 0.593. The summed E-state index contributed by atoms with van der Waals surface area (Å²) in [6.45, 7) is 4.38. The van der Waals surface area contributed by atoms with Gasteiger partial charge < -0.3 is 5.43 Å². The zero-order chi connectivity index (χ0) is 14.5. The number of thioether (sulfide) groups is 1. The lowest BCUT2D eigenvalue weighted by atomic mass is 10.2. The van der Waals surface area contributed by atoms with Gasteiger partial charge in [0.1, 0.15) is 11.6 Å². The van der Waals surface area contributed by atoms with Crippen LogP contribution in [0.25, 0.3) is 11.3 Å². The number of aromatic nitrogens is 4. The Balaban J connectivity index is 2.24. The first-order chi connectivity index (χ1) is 9.62. The third kappa shape index (κ3) is 3.71. The number of rotatable bonds is 6. The number of aryl methyl sites for hydroxylation is 1. The summed E-state index contributed by atoms with van der Waals surface area (Å²) in [5.74, 6) is 7.67. The predicted octanol–water partition coefficient (Wildman–Crippen LogP) is 2.19.